The molecule has 0 amide bonds. The molecule has 0 aliphatic rings. The number of hydrogen-bond donors (Lipinski definition) is 0. The summed E-state index contributed by atoms with van der Waals surface area (Å²) < 4.78 is 18.6. The summed E-state index contributed by atoms with van der Waals surface area (Å²) in [5, 5.41) is 0. The zero-order chi connectivity index (χ0) is 21.2. The van der Waals surface area contributed by atoms with Crippen molar-refractivity contribution >= 4 is 18.5 Å². The van der Waals surface area contributed by atoms with Crippen molar-refractivity contribution in [3.63, 3.8) is 0 Å². The second-order valence-electron chi connectivity index (χ2n) is 9.63. The fourth-order valence-electron chi connectivity index (χ4n) is 1.75. The summed E-state index contributed by atoms with van der Waals surface area (Å²) in [6.45, 7) is 19.6. The maximum Gasteiger partial charge on any atom is 0.382 e. The third kappa shape index (κ3) is 7.77. The fourth-order valence-corrected chi connectivity index (χ4v) is 4.62. The molecule has 0 fully saturated rings. The Morgan fingerprint density at radius 1 is 0.889 bits per heavy atom. The average Bonchev–Trinajstić information content (AvgIpc) is 2.43. The smallest absolute Gasteiger partial charge is 0.382 e. The lowest BCUT2D eigenvalue weighted by Gasteiger charge is -2.36. The molecule has 0 spiro atoms. The van der Waals surface area contributed by atoms with Crippen LogP contribution in [0.3, 0.4) is 0 Å². The van der Waals surface area contributed by atoms with Crippen LogP contribution in [0.5, 0.6) is 5.88 Å². The van der Waals surface area contributed by atoms with Crippen LogP contribution in [-0.4, -0.2) is 22.2 Å². The predicted octanol–water partition coefficient (Wildman–Crippen LogP) is 6.41. The largest absolute Gasteiger partial charge is 0.406 e. The molecule has 5 nitrogen and oxygen atoms in total. The Bertz CT molecular complexity index is 655. The molecule has 1 aromatic rings. The Morgan fingerprint density at radius 3 is 1.70 bits per heavy atom. The zero-order valence-corrected chi connectivity index (χ0v) is 20.5. The second kappa shape index (κ2) is 8.86. The zero-order valence-electron chi connectivity index (χ0n) is 18.8. The van der Waals surface area contributed by atoms with Crippen molar-refractivity contribution < 1.29 is 13.6 Å². The van der Waals surface area contributed by atoms with Crippen LogP contribution in [-0.2, 0) is 20.9 Å². The lowest BCUT2D eigenvalue weighted by atomic mass is 9.91. The van der Waals surface area contributed by atoms with E-state index in [1.807, 2.05) is 34.6 Å². The van der Waals surface area contributed by atoms with Crippen molar-refractivity contribution in [3.05, 3.63) is 17.6 Å². The van der Waals surface area contributed by atoms with Crippen molar-refractivity contribution in [1.82, 2.24) is 9.97 Å². The van der Waals surface area contributed by atoms with E-state index < -0.39 is 6.72 Å². The van der Waals surface area contributed by atoms with Gasteiger partial charge in [0.25, 0.3) is 0 Å². The maximum atomic E-state index is 6.23. The molecule has 0 aliphatic heterocycles. The van der Waals surface area contributed by atoms with E-state index in [9.17, 15) is 0 Å². The second-order valence-corrected chi connectivity index (χ2v) is 12.5. The van der Waals surface area contributed by atoms with Crippen molar-refractivity contribution in [2.24, 2.45) is 10.8 Å². The van der Waals surface area contributed by atoms with Crippen LogP contribution in [0.2, 0.25) is 0 Å². The van der Waals surface area contributed by atoms with Gasteiger partial charge in [0.15, 0.2) is 0 Å². The highest BCUT2D eigenvalue weighted by molar-refractivity contribution is 8.07. The Labute approximate surface area is 170 Å². The first-order valence-electron chi connectivity index (χ1n) is 9.55. The summed E-state index contributed by atoms with van der Waals surface area (Å²) in [6, 6.07) is 1.78. The Balaban J connectivity index is 3.23. The van der Waals surface area contributed by atoms with E-state index in [0.717, 1.165) is 11.5 Å². The van der Waals surface area contributed by atoms with Gasteiger partial charge in [-0.3, -0.25) is 9.05 Å². The Hall–Kier alpha value is -0.550. The van der Waals surface area contributed by atoms with Crippen LogP contribution in [0, 0.1) is 17.8 Å². The molecule has 0 saturated heterocycles. The van der Waals surface area contributed by atoms with E-state index in [4.69, 9.17) is 25.4 Å². The highest BCUT2D eigenvalue weighted by Crippen LogP contribution is 2.54. The quantitative estimate of drug-likeness (QED) is 0.478. The van der Waals surface area contributed by atoms with E-state index in [2.05, 4.69) is 51.5 Å². The molecule has 2 atom stereocenters. The van der Waals surface area contributed by atoms with Crippen molar-refractivity contribution in [2.75, 3.05) is 0 Å². The van der Waals surface area contributed by atoms with Crippen LogP contribution in [0.4, 0.5) is 0 Å². The molecule has 0 saturated carbocycles. The number of aromatic nitrogens is 2. The fraction of sp³-hybridized carbons (Fsp3) is 0.800. The predicted molar refractivity (Wildman–Crippen MR) is 116 cm³/mol. The van der Waals surface area contributed by atoms with E-state index >= 15 is 0 Å². The maximum absolute atomic E-state index is 6.23. The molecule has 7 heteroatoms. The van der Waals surface area contributed by atoms with E-state index in [0.29, 0.717) is 5.88 Å². The summed E-state index contributed by atoms with van der Waals surface area (Å²) in [5.41, 5.74) is 0.650. The van der Waals surface area contributed by atoms with Crippen molar-refractivity contribution in [3.8, 4) is 5.88 Å². The van der Waals surface area contributed by atoms with Gasteiger partial charge in [0.1, 0.15) is 5.82 Å². The minimum Gasteiger partial charge on any atom is -0.406 e. The third-order valence-electron chi connectivity index (χ3n) is 4.58. The van der Waals surface area contributed by atoms with E-state index in [1.54, 1.807) is 6.07 Å². The Morgan fingerprint density at radius 2 is 1.33 bits per heavy atom. The molecule has 1 aromatic heterocycles. The van der Waals surface area contributed by atoms with Crippen LogP contribution in [0.15, 0.2) is 6.07 Å². The van der Waals surface area contributed by atoms with Crippen LogP contribution in [0.1, 0.15) is 86.7 Å². The number of aryl methyl sites for hydroxylation is 1. The topological polar surface area (TPSA) is 53.5 Å². The van der Waals surface area contributed by atoms with Gasteiger partial charge in [-0.05, 0) is 31.6 Å². The molecule has 0 aliphatic carbocycles. The first kappa shape index (κ1) is 24.5. The summed E-state index contributed by atoms with van der Waals surface area (Å²) in [5.74, 6) is 1.32. The summed E-state index contributed by atoms with van der Waals surface area (Å²) in [6.07, 6.45) is -0.272. The summed E-state index contributed by atoms with van der Waals surface area (Å²) >= 11 is 5.81. The van der Waals surface area contributed by atoms with Gasteiger partial charge in [-0.1, -0.05) is 55.4 Å². The minimum atomic E-state index is -3.07. The highest BCUT2D eigenvalue weighted by Gasteiger charge is 2.36. The van der Waals surface area contributed by atoms with Crippen molar-refractivity contribution in [1.29, 1.82) is 0 Å². The minimum absolute atomic E-state index is 0.0908. The van der Waals surface area contributed by atoms with Gasteiger partial charge in [0, 0.05) is 29.5 Å². The molecule has 156 valence electrons. The van der Waals surface area contributed by atoms with Crippen LogP contribution >= 0.6 is 6.72 Å². The first-order valence-corrected chi connectivity index (χ1v) is 12.1. The lowest BCUT2D eigenvalue weighted by molar-refractivity contribution is 0.0372. The molecule has 1 heterocycles. The average molecular weight is 417 g/mol. The van der Waals surface area contributed by atoms with Crippen LogP contribution in [0.25, 0.3) is 0 Å². The molecule has 0 N–H and O–H groups in total. The van der Waals surface area contributed by atoms with Gasteiger partial charge in [-0.2, -0.15) is 4.98 Å². The number of rotatable bonds is 7. The van der Waals surface area contributed by atoms with Crippen molar-refractivity contribution in [2.45, 2.75) is 94.3 Å². The molecule has 0 bridgehead atoms. The number of hydrogen-bond acceptors (Lipinski definition) is 6. The van der Waals surface area contributed by atoms with Gasteiger partial charge >= 0.3 is 6.72 Å². The molecule has 0 radical (unpaired) electrons. The monoisotopic (exact) mass is 416 g/mol. The molecule has 27 heavy (non-hydrogen) atoms. The molecule has 0 aromatic carbocycles. The first-order chi connectivity index (χ1) is 12.0. The van der Waals surface area contributed by atoms with Gasteiger partial charge < -0.3 is 4.52 Å². The van der Waals surface area contributed by atoms with Gasteiger partial charge in [-0.25, -0.2) is 4.98 Å². The van der Waals surface area contributed by atoms with Gasteiger partial charge in [0.05, 0.1) is 12.2 Å². The number of nitrogens with zero attached hydrogens (tertiary/aromatic N) is 2. The van der Waals surface area contributed by atoms with E-state index in [1.165, 1.54) is 0 Å². The van der Waals surface area contributed by atoms with E-state index in [-0.39, 0.29) is 29.0 Å². The lowest BCUT2D eigenvalue weighted by Crippen LogP contribution is -2.30. The summed E-state index contributed by atoms with van der Waals surface area (Å²) in [7, 11) is 0. The third-order valence-corrected chi connectivity index (χ3v) is 6.88. The SMILES string of the molecule is Cc1cc(OP(=S)(OC(C)C(C)(C)C)OC(C)C(C)(C)C)nc(C(C)C)n1. The molecule has 2 unspecified atom stereocenters. The molecular weight excluding hydrogens is 379 g/mol. The normalized spacial score (nSPS) is 17.5. The molecular formula is C20H37N2O3PS. The summed E-state index contributed by atoms with van der Waals surface area (Å²) in [4.78, 5) is 8.99. The Kier molecular flexibility index (Phi) is 8.03. The molecule has 1 rings (SSSR count). The van der Waals surface area contributed by atoms with Gasteiger partial charge in [-0.15, -0.1) is 0 Å². The highest BCUT2D eigenvalue weighted by atomic mass is 32.5. The van der Waals surface area contributed by atoms with Gasteiger partial charge in [0.2, 0.25) is 5.88 Å². The van der Waals surface area contributed by atoms with Crippen LogP contribution < -0.4 is 4.52 Å². The standard InChI is InChI=1S/C20H37N2O3PS/c1-13(2)18-21-14(3)12-17(22-18)25-26(27,23-15(4)19(6,7)8)24-16(5)20(9,10)11/h12-13,15-16H,1-11H3.